The van der Waals surface area contributed by atoms with Crippen molar-refractivity contribution in [3.05, 3.63) is 29.8 Å². The van der Waals surface area contributed by atoms with E-state index in [-0.39, 0.29) is 11.8 Å². The first-order chi connectivity index (χ1) is 7.75. The van der Waals surface area contributed by atoms with E-state index in [1.165, 1.54) is 0 Å². The van der Waals surface area contributed by atoms with E-state index in [2.05, 4.69) is 4.90 Å². The first kappa shape index (κ1) is 11.4. The van der Waals surface area contributed by atoms with Crippen LogP contribution in [0.4, 0.5) is 0 Å². The molecule has 0 aromatic heterocycles. The zero-order valence-corrected chi connectivity index (χ0v) is 9.30. The molecular formula is C12H18N2O2. The Morgan fingerprint density at radius 3 is 2.81 bits per heavy atom. The summed E-state index contributed by atoms with van der Waals surface area (Å²) in [5, 5.41) is 9.38. The lowest BCUT2D eigenvalue weighted by molar-refractivity contribution is 0.0352. The van der Waals surface area contributed by atoms with E-state index in [0.717, 1.165) is 38.4 Å². The summed E-state index contributed by atoms with van der Waals surface area (Å²) in [6.45, 7) is 4.26. The van der Waals surface area contributed by atoms with Gasteiger partial charge in [-0.25, -0.2) is 0 Å². The maximum Gasteiger partial charge on any atom is 0.115 e. The molecule has 1 aliphatic heterocycles. The average Bonchev–Trinajstić information content (AvgIpc) is 2.30. The highest BCUT2D eigenvalue weighted by Crippen LogP contribution is 2.17. The van der Waals surface area contributed by atoms with E-state index in [0.29, 0.717) is 0 Å². The maximum atomic E-state index is 9.38. The molecule has 0 spiro atoms. The molecule has 0 aliphatic carbocycles. The van der Waals surface area contributed by atoms with Gasteiger partial charge in [0.1, 0.15) is 5.75 Å². The summed E-state index contributed by atoms with van der Waals surface area (Å²) >= 11 is 0. The van der Waals surface area contributed by atoms with Crippen LogP contribution in [0.1, 0.15) is 11.6 Å². The van der Waals surface area contributed by atoms with E-state index in [1.54, 1.807) is 12.1 Å². The van der Waals surface area contributed by atoms with Gasteiger partial charge in [-0.05, 0) is 17.7 Å². The van der Waals surface area contributed by atoms with Crippen LogP contribution < -0.4 is 5.73 Å². The third kappa shape index (κ3) is 2.95. The summed E-state index contributed by atoms with van der Waals surface area (Å²) < 4.78 is 5.28. The minimum Gasteiger partial charge on any atom is -0.508 e. The number of hydrogen-bond acceptors (Lipinski definition) is 4. The lowest BCUT2D eigenvalue weighted by Crippen LogP contribution is -2.40. The van der Waals surface area contributed by atoms with Crippen LogP contribution in [0, 0.1) is 0 Å². The molecule has 1 aromatic carbocycles. The molecule has 4 nitrogen and oxygen atoms in total. The Bertz CT molecular complexity index is 338. The zero-order chi connectivity index (χ0) is 11.4. The molecule has 0 amide bonds. The van der Waals surface area contributed by atoms with Gasteiger partial charge in [-0.3, -0.25) is 4.90 Å². The number of nitrogens with zero attached hydrogens (tertiary/aromatic N) is 1. The molecule has 1 aromatic rings. The number of rotatable bonds is 3. The zero-order valence-electron chi connectivity index (χ0n) is 9.30. The smallest absolute Gasteiger partial charge is 0.115 e. The number of ether oxygens (including phenoxy) is 1. The minimum atomic E-state index is -0.0507. The lowest BCUT2D eigenvalue weighted by Gasteiger charge is -2.29. The van der Waals surface area contributed by atoms with Gasteiger partial charge in [0.05, 0.1) is 13.2 Å². The summed E-state index contributed by atoms with van der Waals surface area (Å²) in [4.78, 5) is 2.29. The Kier molecular flexibility index (Phi) is 3.77. The lowest BCUT2D eigenvalue weighted by atomic mass is 10.1. The monoisotopic (exact) mass is 222 g/mol. The fourth-order valence-electron chi connectivity index (χ4n) is 1.92. The van der Waals surface area contributed by atoms with Crippen LogP contribution in [-0.4, -0.2) is 42.9 Å². The quantitative estimate of drug-likeness (QED) is 0.791. The van der Waals surface area contributed by atoms with E-state index < -0.39 is 0 Å². The number of benzene rings is 1. The highest BCUT2D eigenvalue weighted by atomic mass is 16.5. The molecule has 1 fully saturated rings. The third-order valence-corrected chi connectivity index (χ3v) is 2.86. The SMILES string of the molecule is NC(CN1CCOCC1)c1cccc(O)c1. The molecular weight excluding hydrogens is 204 g/mol. The molecule has 2 rings (SSSR count). The second-order valence-electron chi connectivity index (χ2n) is 4.11. The molecule has 0 saturated carbocycles. The van der Waals surface area contributed by atoms with E-state index >= 15 is 0 Å². The van der Waals surface area contributed by atoms with Crippen LogP contribution in [0.5, 0.6) is 5.75 Å². The van der Waals surface area contributed by atoms with Crippen LogP contribution >= 0.6 is 0 Å². The van der Waals surface area contributed by atoms with Gasteiger partial charge in [0.25, 0.3) is 0 Å². The summed E-state index contributed by atoms with van der Waals surface area (Å²) in [6.07, 6.45) is 0. The predicted molar refractivity (Wildman–Crippen MR) is 62.3 cm³/mol. The molecule has 1 saturated heterocycles. The molecule has 0 radical (unpaired) electrons. The van der Waals surface area contributed by atoms with Gasteiger partial charge in [-0.2, -0.15) is 0 Å². The van der Waals surface area contributed by atoms with Gasteiger partial charge in [0.2, 0.25) is 0 Å². The van der Waals surface area contributed by atoms with Crippen LogP contribution in [0.2, 0.25) is 0 Å². The number of morpholine rings is 1. The second-order valence-corrected chi connectivity index (χ2v) is 4.11. The molecule has 3 N–H and O–H groups in total. The highest BCUT2D eigenvalue weighted by molar-refractivity contribution is 5.29. The number of hydrogen-bond donors (Lipinski definition) is 2. The Balaban J connectivity index is 1.94. The Morgan fingerprint density at radius 2 is 2.12 bits per heavy atom. The Hall–Kier alpha value is -1.10. The minimum absolute atomic E-state index is 0.0507. The van der Waals surface area contributed by atoms with Crippen molar-refractivity contribution in [1.82, 2.24) is 4.90 Å². The normalized spacial score (nSPS) is 19.6. The van der Waals surface area contributed by atoms with Crippen molar-refractivity contribution in [3.63, 3.8) is 0 Å². The van der Waals surface area contributed by atoms with Gasteiger partial charge < -0.3 is 15.6 Å². The second kappa shape index (κ2) is 5.30. The van der Waals surface area contributed by atoms with Crippen molar-refractivity contribution in [2.45, 2.75) is 6.04 Å². The molecule has 1 unspecified atom stereocenters. The van der Waals surface area contributed by atoms with Crippen molar-refractivity contribution >= 4 is 0 Å². The van der Waals surface area contributed by atoms with Gasteiger partial charge in [0.15, 0.2) is 0 Å². The average molecular weight is 222 g/mol. The summed E-state index contributed by atoms with van der Waals surface area (Å²) in [5.41, 5.74) is 7.08. The molecule has 1 aliphatic rings. The van der Waals surface area contributed by atoms with Gasteiger partial charge in [0, 0.05) is 25.7 Å². The first-order valence-corrected chi connectivity index (χ1v) is 5.60. The van der Waals surface area contributed by atoms with Gasteiger partial charge in [-0.1, -0.05) is 12.1 Å². The number of aromatic hydroxyl groups is 1. The van der Waals surface area contributed by atoms with Crippen LogP contribution in [0.3, 0.4) is 0 Å². The molecule has 0 bridgehead atoms. The highest BCUT2D eigenvalue weighted by Gasteiger charge is 2.15. The largest absolute Gasteiger partial charge is 0.508 e. The standard InChI is InChI=1S/C12H18N2O2/c13-12(9-14-4-6-16-7-5-14)10-2-1-3-11(15)8-10/h1-3,8,12,15H,4-7,9,13H2. The number of phenolic OH excluding ortho intramolecular Hbond substituents is 1. The van der Waals surface area contributed by atoms with Crippen molar-refractivity contribution in [2.75, 3.05) is 32.8 Å². The number of nitrogens with two attached hydrogens (primary N) is 1. The van der Waals surface area contributed by atoms with E-state index in [1.807, 2.05) is 12.1 Å². The molecule has 88 valence electrons. The van der Waals surface area contributed by atoms with Crippen molar-refractivity contribution in [2.24, 2.45) is 5.73 Å². The van der Waals surface area contributed by atoms with E-state index in [4.69, 9.17) is 10.5 Å². The number of phenols is 1. The van der Waals surface area contributed by atoms with Gasteiger partial charge >= 0.3 is 0 Å². The van der Waals surface area contributed by atoms with Crippen LogP contribution in [0.15, 0.2) is 24.3 Å². The van der Waals surface area contributed by atoms with Crippen molar-refractivity contribution in [3.8, 4) is 5.75 Å². The van der Waals surface area contributed by atoms with E-state index in [9.17, 15) is 5.11 Å². The van der Waals surface area contributed by atoms with Crippen LogP contribution in [-0.2, 0) is 4.74 Å². The topological polar surface area (TPSA) is 58.7 Å². The molecule has 16 heavy (non-hydrogen) atoms. The van der Waals surface area contributed by atoms with Crippen LogP contribution in [0.25, 0.3) is 0 Å². The molecule has 4 heteroatoms. The summed E-state index contributed by atoms with van der Waals surface area (Å²) in [5.74, 6) is 0.273. The molecule has 1 heterocycles. The summed E-state index contributed by atoms with van der Waals surface area (Å²) in [7, 11) is 0. The fourth-order valence-corrected chi connectivity index (χ4v) is 1.92. The molecule has 1 atom stereocenters. The Morgan fingerprint density at radius 1 is 1.38 bits per heavy atom. The third-order valence-electron chi connectivity index (χ3n) is 2.86. The van der Waals surface area contributed by atoms with Crippen molar-refractivity contribution in [1.29, 1.82) is 0 Å². The first-order valence-electron chi connectivity index (χ1n) is 5.60. The van der Waals surface area contributed by atoms with Crippen molar-refractivity contribution < 1.29 is 9.84 Å². The predicted octanol–water partition coefficient (Wildman–Crippen LogP) is 0.724. The summed E-state index contributed by atoms with van der Waals surface area (Å²) in [6, 6.07) is 7.11. The Labute approximate surface area is 95.6 Å². The fraction of sp³-hybridized carbons (Fsp3) is 0.500. The van der Waals surface area contributed by atoms with Gasteiger partial charge in [-0.15, -0.1) is 0 Å². The maximum absolute atomic E-state index is 9.38.